The van der Waals surface area contributed by atoms with Gasteiger partial charge in [0.15, 0.2) is 11.5 Å². The lowest BCUT2D eigenvalue weighted by molar-refractivity contribution is 0.131. The van der Waals surface area contributed by atoms with Crippen LogP contribution in [0.3, 0.4) is 0 Å². The van der Waals surface area contributed by atoms with Crippen LogP contribution in [0.2, 0.25) is 0 Å². The number of ether oxygens (including phenoxy) is 2. The summed E-state index contributed by atoms with van der Waals surface area (Å²) in [5, 5.41) is 0.746. The summed E-state index contributed by atoms with van der Waals surface area (Å²) in [4.78, 5) is 0. The van der Waals surface area contributed by atoms with Crippen molar-refractivity contribution in [2.45, 2.75) is 18.4 Å². The van der Waals surface area contributed by atoms with E-state index in [9.17, 15) is 4.57 Å². The van der Waals surface area contributed by atoms with Gasteiger partial charge in [0.1, 0.15) is 0 Å². The first-order chi connectivity index (χ1) is 15.2. The molecule has 0 bridgehead atoms. The Balaban J connectivity index is 1.68. The van der Waals surface area contributed by atoms with Gasteiger partial charge in [-0.15, -0.1) is 0 Å². The van der Waals surface area contributed by atoms with Crippen molar-refractivity contribution in [1.29, 1.82) is 0 Å². The molecule has 0 N–H and O–H groups in total. The molecule has 5 nitrogen and oxygen atoms in total. The molecule has 1 saturated heterocycles. The van der Waals surface area contributed by atoms with E-state index in [1.807, 2.05) is 48.5 Å². The highest BCUT2D eigenvalue weighted by Crippen LogP contribution is 2.63. The SMILES string of the molecule is COc1cc2c(cc1OC)[C@H]1[C@@H](c3ccccc3)COP(=O)(c3ccccc3)N1CC2. The molecule has 0 aliphatic carbocycles. The molecule has 31 heavy (non-hydrogen) atoms. The molecular weight excluding hydrogens is 409 g/mol. The van der Waals surface area contributed by atoms with Gasteiger partial charge in [-0.1, -0.05) is 48.5 Å². The van der Waals surface area contributed by atoms with Crippen molar-refractivity contribution in [1.82, 2.24) is 4.67 Å². The monoisotopic (exact) mass is 435 g/mol. The molecule has 1 fully saturated rings. The topological polar surface area (TPSA) is 48.0 Å². The Morgan fingerprint density at radius 1 is 0.935 bits per heavy atom. The van der Waals surface area contributed by atoms with Crippen molar-refractivity contribution in [2.24, 2.45) is 0 Å². The van der Waals surface area contributed by atoms with E-state index < -0.39 is 7.52 Å². The highest BCUT2D eigenvalue weighted by atomic mass is 31.2. The number of rotatable bonds is 4. The molecule has 2 aliphatic heterocycles. The third-order valence-corrected chi connectivity index (χ3v) is 8.93. The molecule has 6 heteroatoms. The lowest BCUT2D eigenvalue weighted by Crippen LogP contribution is -2.44. The molecule has 160 valence electrons. The average Bonchev–Trinajstić information content (AvgIpc) is 2.84. The van der Waals surface area contributed by atoms with Crippen LogP contribution in [-0.2, 0) is 15.5 Å². The minimum atomic E-state index is -3.19. The van der Waals surface area contributed by atoms with Crippen LogP contribution in [0.25, 0.3) is 0 Å². The van der Waals surface area contributed by atoms with Crippen LogP contribution < -0.4 is 14.8 Å². The molecule has 1 unspecified atom stereocenters. The number of nitrogens with zero attached hydrogens (tertiary/aromatic N) is 1. The van der Waals surface area contributed by atoms with Gasteiger partial charge in [0.05, 0.1) is 32.2 Å². The Bertz CT molecular complexity index is 1120. The third kappa shape index (κ3) is 3.38. The lowest BCUT2D eigenvalue weighted by atomic mass is 9.82. The smallest absolute Gasteiger partial charge is 0.302 e. The fraction of sp³-hybridized carbons (Fsp3) is 0.280. The second-order valence-corrected chi connectivity index (χ2v) is 10.3. The quantitative estimate of drug-likeness (QED) is 0.544. The van der Waals surface area contributed by atoms with Crippen LogP contribution in [0.4, 0.5) is 0 Å². The maximum atomic E-state index is 14.3. The van der Waals surface area contributed by atoms with E-state index in [0.29, 0.717) is 18.9 Å². The second-order valence-electron chi connectivity index (χ2n) is 7.93. The molecule has 3 aromatic rings. The van der Waals surface area contributed by atoms with E-state index in [1.165, 1.54) is 11.1 Å². The molecule has 3 aromatic carbocycles. The summed E-state index contributed by atoms with van der Waals surface area (Å²) in [5.41, 5.74) is 3.53. The maximum Gasteiger partial charge on any atom is 0.302 e. The fourth-order valence-corrected chi connectivity index (χ4v) is 7.33. The number of methoxy groups -OCH3 is 2. The second kappa shape index (κ2) is 8.16. The Hall–Kier alpha value is -2.59. The summed E-state index contributed by atoms with van der Waals surface area (Å²) in [5.74, 6) is 1.48. The third-order valence-electron chi connectivity index (χ3n) is 6.35. The van der Waals surface area contributed by atoms with Crippen LogP contribution in [0.5, 0.6) is 11.5 Å². The Kier molecular flexibility index (Phi) is 5.35. The number of benzene rings is 3. The van der Waals surface area contributed by atoms with Gasteiger partial charge in [0.2, 0.25) is 0 Å². The summed E-state index contributed by atoms with van der Waals surface area (Å²) >= 11 is 0. The lowest BCUT2D eigenvalue weighted by Gasteiger charge is -2.48. The minimum Gasteiger partial charge on any atom is -0.493 e. The largest absolute Gasteiger partial charge is 0.493 e. The molecule has 5 rings (SSSR count). The maximum absolute atomic E-state index is 14.3. The predicted molar refractivity (Wildman–Crippen MR) is 122 cm³/mol. The standard InChI is InChI=1S/C25H26NO4P/c1-28-23-15-19-13-14-26-25(21(19)16-24(23)29-2)22(18-9-5-3-6-10-18)17-30-31(26,27)20-11-7-4-8-12-20/h3-12,15-16,22,25H,13-14,17H2,1-2H3/t22-,25+,31?/m1/s1. The Morgan fingerprint density at radius 2 is 1.58 bits per heavy atom. The molecule has 3 atom stereocenters. The summed E-state index contributed by atoms with van der Waals surface area (Å²) in [6, 6.07) is 24.0. The Morgan fingerprint density at radius 3 is 2.26 bits per heavy atom. The summed E-state index contributed by atoms with van der Waals surface area (Å²) in [7, 11) is 0.116. The summed E-state index contributed by atoms with van der Waals surface area (Å²) in [6.07, 6.45) is 0.772. The molecule has 2 aliphatic rings. The van der Waals surface area contributed by atoms with Gasteiger partial charge in [-0.05, 0) is 47.4 Å². The van der Waals surface area contributed by atoms with Gasteiger partial charge < -0.3 is 14.0 Å². The van der Waals surface area contributed by atoms with Gasteiger partial charge in [-0.3, -0.25) is 4.57 Å². The van der Waals surface area contributed by atoms with Crippen LogP contribution in [0.15, 0.2) is 72.8 Å². The first kappa shape index (κ1) is 20.3. The van der Waals surface area contributed by atoms with E-state index in [1.54, 1.807) is 14.2 Å². The van der Waals surface area contributed by atoms with Crippen LogP contribution in [0, 0.1) is 0 Å². The fourth-order valence-electron chi connectivity index (χ4n) is 4.85. The molecule has 2 heterocycles. The molecule has 0 spiro atoms. The average molecular weight is 435 g/mol. The van der Waals surface area contributed by atoms with Gasteiger partial charge in [-0.25, -0.2) is 4.67 Å². The number of hydrogen-bond acceptors (Lipinski definition) is 4. The van der Waals surface area contributed by atoms with Crippen LogP contribution in [-0.4, -0.2) is 32.0 Å². The molecule has 0 aromatic heterocycles. The van der Waals surface area contributed by atoms with E-state index in [0.717, 1.165) is 23.0 Å². The van der Waals surface area contributed by atoms with E-state index >= 15 is 0 Å². The van der Waals surface area contributed by atoms with E-state index in [2.05, 4.69) is 28.9 Å². The minimum absolute atomic E-state index is 0.0594. The highest BCUT2D eigenvalue weighted by Gasteiger charge is 2.49. The Labute approximate surface area is 183 Å². The molecule has 0 saturated carbocycles. The summed E-state index contributed by atoms with van der Waals surface area (Å²) < 4.78 is 33.8. The number of fused-ring (bicyclic) bond motifs is 3. The van der Waals surface area contributed by atoms with Crippen molar-refractivity contribution in [3.05, 3.63) is 89.5 Å². The van der Waals surface area contributed by atoms with Gasteiger partial charge >= 0.3 is 7.52 Å². The van der Waals surface area contributed by atoms with Gasteiger partial charge in [-0.2, -0.15) is 0 Å². The summed E-state index contributed by atoms with van der Waals surface area (Å²) in [6.45, 7) is 1.05. The van der Waals surface area contributed by atoms with Crippen molar-refractivity contribution >= 4 is 12.8 Å². The first-order valence-corrected chi connectivity index (χ1v) is 12.1. The highest BCUT2D eigenvalue weighted by molar-refractivity contribution is 7.64. The number of hydrogen-bond donors (Lipinski definition) is 0. The van der Waals surface area contributed by atoms with Crippen molar-refractivity contribution in [3.8, 4) is 11.5 Å². The first-order valence-electron chi connectivity index (χ1n) is 10.5. The van der Waals surface area contributed by atoms with Gasteiger partial charge in [0.25, 0.3) is 0 Å². The molecule has 0 amide bonds. The van der Waals surface area contributed by atoms with E-state index in [4.69, 9.17) is 14.0 Å². The zero-order chi connectivity index (χ0) is 21.4. The normalized spacial score (nSPS) is 25.4. The van der Waals surface area contributed by atoms with Crippen molar-refractivity contribution in [3.63, 3.8) is 0 Å². The molecule has 0 radical (unpaired) electrons. The zero-order valence-corrected chi connectivity index (χ0v) is 18.6. The van der Waals surface area contributed by atoms with Gasteiger partial charge in [0, 0.05) is 12.5 Å². The predicted octanol–water partition coefficient (Wildman–Crippen LogP) is 4.94. The molecular formula is C25H26NO4P. The van der Waals surface area contributed by atoms with Crippen molar-refractivity contribution < 1.29 is 18.6 Å². The van der Waals surface area contributed by atoms with Crippen molar-refractivity contribution in [2.75, 3.05) is 27.4 Å². The van der Waals surface area contributed by atoms with Crippen LogP contribution in [0.1, 0.15) is 28.7 Å². The van der Waals surface area contributed by atoms with Crippen LogP contribution >= 0.6 is 7.52 Å². The van der Waals surface area contributed by atoms with E-state index in [-0.39, 0.29) is 12.0 Å². The zero-order valence-electron chi connectivity index (χ0n) is 17.7.